The van der Waals surface area contributed by atoms with Gasteiger partial charge in [-0.15, -0.1) is 0 Å². The quantitative estimate of drug-likeness (QED) is 0.273. The van der Waals surface area contributed by atoms with E-state index in [0.29, 0.717) is 35.2 Å². The Morgan fingerprint density at radius 1 is 1.14 bits per heavy atom. The fraction of sp³-hybridized carbons (Fsp3) is 0.310. The van der Waals surface area contributed by atoms with Gasteiger partial charge in [0.15, 0.2) is 0 Å². The maximum absolute atomic E-state index is 12.3. The third kappa shape index (κ3) is 5.18. The lowest BCUT2D eigenvalue weighted by atomic mass is 10.0. The van der Waals surface area contributed by atoms with Gasteiger partial charge in [0.25, 0.3) is 0 Å². The summed E-state index contributed by atoms with van der Waals surface area (Å²) in [6, 6.07) is 17.6. The Kier molecular flexibility index (Phi) is 6.65. The van der Waals surface area contributed by atoms with E-state index in [9.17, 15) is 13.7 Å². The van der Waals surface area contributed by atoms with E-state index in [-0.39, 0.29) is 5.75 Å². The van der Waals surface area contributed by atoms with Gasteiger partial charge in [0.2, 0.25) is 15.9 Å². The Bertz CT molecular complexity index is 1630. The van der Waals surface area contributed by atoms with Gasteiger partial charge >= 0.3 is 0 Å². The number of benzene rings is 2. The van der Waals surface area contributed by atoms with Crippen LogP contribution in [0, 0.1) is 31.1 Å². The molecule has 0 unspecified atom stereocenters. The molecule has 0 spiro atoms. The Hall–Kier alpha value is -3.83. The van der Waals surface area contributed by atoms with E-state index in [0.717, 1.165) is 39.8 Å². The van der Waals surface area contributed by atoms with E-state index in [4.69, 9.17) is 4.74 Å². The molecule has 190 valence electrons. The Morgan fingerprint density at radius 2 is 1.95 bits per heavy atom. The zero-order valence-electron chi connectivity index (χ0n) is 21.3. The average Bonchev–Trinajstić information content (AvgIpc) is 3.62. The van der Waals surface area contributed by atoms with E-state index in [2.05, 4.69) is 20.3 Å². The summed E-state index contributed by atoms with van der Waals surface area (Å²) in [5.74, 6) is 1.87. The van der Waals surface area contributed by atoms with Crippen molar-refractivity contribution in [3.05, 3.63) is 71.4 Å². The highest BCUT2D eigenvalue weighted by Gasteiger charge is 2.27. The van der Waals surface area contributed by atoms with Crippen molar-refractivity contribution >= 4 is 26.6 Å². The summed E-state index contributed by atoms with van der Waals surface area (Å²) in [7, 11) is -3.39. The molecule has 1 fully saturated rings. The van der Waals surface area contributed by atoms with Crippen LogP contribution in [0.5, 0.6) is 11.6 Å². The van der Waals surface area contributed by atoms with Crippen LogP contribution < -0.4 is 9.46 Å². The number of aromatic nitrogens is 2. The molecular formula is C29H30N4O3S. The van der Waals surface area contributed by atoms with Crippen molar-refractivity contribution in [2.45, 2.75) is 46.6 Å². The first-order chi connectivity index (χ1) is 17.8. The molecule has 0 amide bonds. The molecule has 2 heterocycles. The summed E-state index contributed by atoms with van der Waals surface area (Å²) in [6.07, 6.45) is 4.59. The molecule has 8 heteroatoms. The Balaban J connectivity index is 1.61. The molecule has 1 aliphatic rings. The SMILES string of the molecule is CCCS(=O)(=O)Nc1ccc(-c2c(C#N)c3ccc(Oc4ncccc4C)cc3n2CC2CC2)c(C)c1. The van der Waals surface area contributed by atoms with Gasteiger partial charge in [-0.1, -0.05) is 19.1 Å². The van der Waals surface area contributed by atoms with Crippen molar-refractivity contribution in [3.8, 4) is 29.0 Å². The van der Waals surface area contributed by atoms with Gasteiger partial charge in [-0.25, -0.2) is 13.4 Å². The number of ether oxygens (including phenoxy) is 1. The second kappa shape index (κ2) is 9.91. The van der Waals surface area contributed by atoms with Crippen molar-refractivity contribution in [1.82, 2.24) is 9.55 Å². The fourth-order valence-corrected chi connectivity index (χ4v) is 5.84. The molecule has 0 atom stereocenters. The first-order valence-electron chi connectivity index (χ1n) is 12.6. The number of nitriles is 1. The van der Waals surface area contributed by atoms with Gasteiger partial charge in [0.1, 0.15) is 11.8 Å². The zero-order chi connectivity index (χ0) is 26.2. The van der Waals surface area contributed by atoms with Crippen LogP contribution in [0.1, 0.15) is 42.9 Å². The van der Waals surface area contributed by atoms with Crippen molar-refractivity contribution < 1.29 is 13.2 Å². The van der Waals surface area contributed by atoms with Gasteiger partial charge in [-0.2, -0.15) is 5.26 Å². The van der Waals surface area contributed by atoms with Crippen molar-refractivity contribution in [3.63, 3.8) is 0 Å². The fourth-order valence-electron chi connectivity index (χ4n) is 4.72. The van der Waals surface area contributed by atoms with Crippen LogP contribution in [0.3, 0.4) is 0 Å². The predicted octanol–water partition coefficient (Wildman–Crippen LogP) is 6.55. The topological polar surface area (TPSA) is 97.0 Å². The summed E-state index contributed by atoms with van der Waals surface area (Å²) < 4.78 is 35.6. The van der Waals surface area contributed by atoms with Crippen LogP contribution in [-0.4, -0.2) is 23.7 Å². The smallest absolute Gasteiger partial charge is 0.232 e. The lowest BCUT2D eigenvalue weighted by Crippen LogP contribution is -2.16. The lowest BCUT2D eigenvalue weighted by Gasteiger charge is -2.15. The molecule has 0 radical (unpaired) electrons. The van der Waals surface area contributed by atoms with Crippen LogP contribution in [0.4, 0.5) is 5.69 Å². The van der Waals surface area contributed by atoms with Crippen LogP contribution in [0.2, 0.25) is 0 Å². The highest BCUT2D eigenvalue weighted by atomic mass is 32.2. The van der Waals surface area contributed by atoms with Gasteiger partial charge in [-0.05, 0) is 74.9 Å². The Labute approximate surface area is 217 Å². The maximum Gasteiger partial charge on any atom is 0.232 e. The molecule has 37 heavy (non-hydrogen) atoms. The highest BCUT2D eigenvalue weighted by molar-refractivity contribution is 7.92. The minimum absolute atomic E-state index is 0.0738. The minimum Gasteiger partial charge on any atom is -0.439 e. The van der Waals surface area contributed by atoms with E-state index < -0.39 is 10.0 Å². The van der Waals surface area contributed by atoms with Crippen LogP contribution in [-0.2, 0) is 16.6 Å². The number of aryl methyl sites for hydroxylation is 2. The highest BCUT2D eigenvalue weighted by Crippen LogP contribution is 2.41. The van der Waals surface area contributed by atoms with E-state index in [1.165, 1.54) is 12.8 Å². The predicted molar refractivity (Wildman–Crippen MR) is 146 cm³/mol. The number of nitrogens with zero attached hydrogens (tertiary/aromatic N) is 3. The Morgan fingerprint density at radius 3 is 2.62 bits per heavy atom. The summed E-state index contributed by atoms with van der Waals surface area (Å²) in [6.45, 7) is 6.55. The number of pyridine rings is 1. The van der Waals surface area contributed by atoms with Crippen LogP contribution >= 0.6 is 0 Å². The van der Waals surface area contributed by atoms with Crippen molar-refractivity contribution in [2.75, 3.05) is 10.5 Å². The first kappa shape index (κ1) is 24.8. The number of fused-ring (bicyclic) bond motifs is 1. The number of rotatable bonds is 9. The van der Waals surface area contributed by atoms with E-state index in [1.807, 2.05) is 63.2 Å². The molecule has 7 nitrogen and oxygen atoms in total. The van der Waals surface area contributed by atoms with E-state index in [1.54, 1.807) is 12.3 Å². The minimum atomic E-state index is -3.39. The lowest BCUT2D eigenvalue weighted by molar-refractivity contribution is 0.459. The summed E-state index contributed by atoms with van der Waals surface area (Å²) in [5, 5.41) is 11.1. The normalized spacial score (nSPS) is 13.5. The summed E-state index contributed by atoms with van der Waals surface area (Å²) >= 11 is 0. The van der Waals surface area contributed by atoms with E-state index >= 15 is 0 Å². The monoisotopic (exact) mass is 514 g/mol. The van der Waals surface area contributed by atoms with Crippen LogP contribution in [0.15, 0.2) is 54.7 Å². The number of nitrogens with one attached hydrogen (secondary N) is 1. The van der Waals surface area contributed by atoms with Crippen LogP contribution in [0.25, 0.3) is 22.2 Å². The molecule has 2 aromatic carbocycles. The molecular weight excluding hydrogens is 484 g/mol. The third-order valence-electron chi connectivity index (χ3n) is 6.69. The van der Waals surface area contributed by atoms with Gasteiger partial charge < -0.3 is 9.30 Å². The molecule has 4 aromatic rings. The standard InChI is InChI=1S/C29H30N4O3S/c1-4-14-37(34,35)32-22-9-11-24(20(3)15-22)28-26(17-30)25-12-10-23(36-29-19(2)6-5-13-31-29)16-27(25)33(28)18-21-7-8-21/h5-6,9-13,15-16,21,32H,4,7-8,14,18H2,1-3H3. The largest absolute Gasteiger partial charge is 0.439 e. The zero-order valence-corrected chi connectivity index (χ0v) is 22.1. The molecule has 0 saturated heterocycles. The molecule has 1 N–H and O–H groups in total. The first-order valence-corrected chi connectivity index (χ1v) is 14.2. The second-order valence-corrected chi connectivity index (χ2v) is 11.6. The maximum atomic E-state index is 12.3. The number of sulfonamides is 1. The number of anilines is 1. The third-order valence-corrected chi connectivity index (χ3v) is 8.18. The van der Waals surface area contributed by atoms with Crippen molar-refractivity contribution in [1.29, 1.82) is 5.26 Å². The summed E-state index contributed by atoms with van der Waals surface area (Å²) in [5.41, 5.74) is 5.69. The van der Waals surface area contributed by atoms with Gasteiger partial charge in [-0.3, -0.25) is 4.72 Å². The molecule has 0 bridgehead atoms. The molecule has 1 aliphatic carbocycles. The molecule has 5 rings (SSSR count). The molecule has 0 aliphatic heterocycles. The van der Waals surface area contributed by atoms with Gasteiger partial charge in [0.05, 0.1) is 22.5 Å². The molecule has 2 aromatic heterocycles. The second-order valence-electron chi connectivity index (χ2n) is 9.75. The molecule has 1 saturated carbocycles. The number of hydrogen-bond acceptors (Lipinski definition) is 5. The van der Waals surface area contributed by atoms with Crippen molar-refractivity contribution in [2.24, 2.45) is 5.92 Å². The number of hydrogen-bond donors (Lipinski definition) is 1. The summed E-state index contributed by atoms with van der Waals surface area (Å²) in [4.78, 5) is 4.35. The van der Waals surface area contributed by atoms with Gasteiger partial charge in [0, 0.05) is 41.0 Å². The average molecular weight is 515 g/mol.